The Labute approximate surface area is 276 Å². The summed E-state index contributed by atoms with van der Waals surface area (Å²) in [5.41, 5.74) is 2.77. The molecule has 1 fully saturated rings. The maximum atomic E-state index is 12.5. The largest absolute Gasteiger partial charge is 0.394 e. The summed E-state index contributed by atoms with van der Waals surface area (Å²) in [4.78, 5) is 24.4. The van der Waals surface area contributed by atoms with Crippen molar-refractivity contribution in [1.29, 1.82) is 0 Å². The molecule has 7 unspecified atom stereocenters. The SMILES string of the molecule is CCC(CC(CCCCCC(CCCC(C)c1ccccc1)C1CC(=O)OC1=O)SCC(O)CO)CC(CC)c1ccccc1. The third-order valence-electron chi connectivity index (χ3n) is 9.94. The highest BCUT2D eigenvalue weighted by Gasteiger charge is 2.38. The number of benzene rings is 2. The van der Waals surface area contributed by atoms with Crippen molar-refractivity contribution in [3.05, 3.63) is 71.8 Å². The van der Waals surface area contributed by atoms with E-state index in [0.29, 0.717) is 28.8 Å². The van der Waals surface area contributed by atoms with Crippen LogP contribution in [0.2, 0.25) is 0 Å². The van der Waals surface area contributed by atoms with Crippen molar-refractivity contribution in [2.24, 2.45) is 17.8 Å². The van der Waals surface area contributed by atoms with E-state index in [1.807, 2.05) is 17.8 Å². The number of esters is 2. The van der Waals surface area contributed by atoms with Gasteiger partial charge in [0.05, 0.1) is 25.0 Å². The molecular formula is C39H58O5S. The van der Waals surface area contributed by atoms with Crippen LogP contribution in [0.25, 0.3) is 0 Å². The first-order chi connectivity index (χ1) is 21.8. The zero-order valence-electron chi connectivity index (χ0n) is 27.9. The van der Waals surface area contributed by atoms with Gasteiger partial charge in [-0.2, -0.15) is 11.8 Å². The lowest BCUT2D eigenvalue weighted by Crippen LogP contribution is -2.20. The Kier molecular flexibility index (Phi) is 17.3. The average Bonchev–Trinajstić information content (AvgIpc) is 3.41. The van der Waals surface area contributed by atoms with E-state index in [1.54, 1.807) is 0 Å². The molecule has 2 aromatic carbocycles. The standard InChI is InChI=1S/C39H58O5S/c1-4-30(24-31(5-2)33-19-11-7-12-20-33)25-36(45-28-35(41)27-40)23-14-8-13-21-34(37-26-38(42)44-39(37)43)22-15-16-29(3)32-17-9-6-10-18-32/h6-7,9-12,17-20,29-31,34-37,40-41H,4-5,8,13-16,21-28H2,1-3H3. The minimum absolute atomic E-state index is 0.185. The normalized spacial score (nSPS) is 19.1. The first-order valence-electron chi connectivity index (χ1n) is 17.6. The van der Waals surface area contributed by atoms with Gasteiger partial charge in [-0.15, -0.1) is 0 Å². The minimum atomic E-state index is -0.676. The summed E-state index contributed by atoms with van der Waals surface area (Å²) in [6.07, 6.45) is 12.4. The third-order valence-corrected chi connectivity index (χ3v) is 11.4. The number of cyclic esters (lactones) is 2. The van der Waals surface area contributed by atoms with Crippen LogP contribution in [-0.2, 0) is 14.3 Å². The van der Waals surface area contributed by atoms with Gasteiger partial charge < -0.3 is 14.9 Å². The summed E-state index contributed by atoms with van der Waals surface area (Å²) in [6.45, 7) is 6.65. The van der Waals surface area contributed by atoms with Gasteiger partial charge in [0.15, 0.2) is 0 Å². The Morgan fingerprint density at radius 3 is 2.07 bits per heavy atom. The fourth-order valence-corrected chi connectivity index (χ4v) is 8.37. The van der Waals surface area contributed by atoms with Gasteiger partial charge in [-0.05, 0) is 79.7 Å². The van der Waals surface area contributed by atoms with Crippen molar-refractivity contribution in [3.63, 3.8) is 0 Å². The Morgan fingerprint density at radius 2 is 1.47 bits per heavy atom. The highest BCUT2D eigenvalue weighted by Crippen LogP contribution is 2.36. The molecule has 0 bridgehead atoms. The molecule has 1 heterocycles. The molecule has 1 saturated heterocycles. The quantitative estimate of drug-likeness (QED) is 0.0718. The van der Waals surface area contributed by atoms with E-state index >= 15 is 0 Å². The summed E-state index contributed by atoms with van der Waals surface area (Å²) < 4.78 is 4.96. The van der Waals surface area contributed by atoms with E-state index < -0.39 is 6.10 Å². The van der Waals surface area contributed by atoms with Crippen LogP contribution in [0.15, 0.2) is 60.7 Å². The Bertz CT molecular complexity index is 1090. The summed E-state index contributed by atoms with van der Waals surface area (Å²) in [7, 11) is 0. The van der Waals surface area contributed by atoms with E-state index in [-0.39, 0.29) is 36.8 Å². The molecule has 0 radical (unpaired) electrons. The average molecular weight is 639 g/mol. The summed E-state index contributed by atoms with van der Waals surface area (Å²) in [5, 5.41) is 19.9. The highest BCUT2D eigenvalue weighted by atomic mass is 32.2. The molecule has 45 heavy (non-hydrogen) atoms. The molecule has 6 heteroatoms. The number of aliphatic hydroxyl groups excluding tert-OH is 2. The van der Waals surface area contributed by atoms with E-state index in [2.05, 4.69) is 75.4 Å². The van der Waals surface area contributed by atoms with Gasteiger partial charge >= 0.3 is 11.9 Å². The van der Waals surface area contributed by atoms with Crippen LogP contribution in [0.3, 0.4) is 0 Å². The first kappa shape index (κ1) is 37.3. The molecule has 0 amide bonds. The van der Waals surface area contributed by atoms with Crippen molar-refractivity contribution >= 4 is 23.7 Å². The van der Waals surface area contributed by atoms with Crippen molar-refractivity contribution in [2.75, 3.05) is 12.4 Å². The first-order valence-corrected chi connectivity index (χ1v) is 18.6. The number of carbonyl (C=O) groups excluding carboxylic acids is 2. The molecule has 1 aliphatic rings. The number of thioether (sulfide) groups is 1. The summed E-state index contributed by atoms with van der Waals surface area (Å²) >= 11 is 1.82. The van der Waals surface area contributed by atoms with Crippen LogP contribution >= 0.6 is 11.8 Å². The van der Waals surface area contributed by atoms with E-state index in [9.17, 15) is 19.8 Å². The molecule has 7 atom stereocenters. The van der Waals surface area contributed by atoms with Gasteiger partial charge in [0.25, 0.3) is 0 Å². The molecule has 250 valence electrons. The molecule has 0 aromatic heterocycles. The second-order valence-corrected chi connectivity index (χ2v) is 14.6. The predicted molar refractivity (Wildman–Crippen MR) is 186 cm³/mol. The van der Waals surface area contributed by atoms with Crippen LogP contribution in [0.4, 0.5) is 0 Å². The topological polar surface area (TPSA) is 83.8 Å². The lowest BCUT2D eigenvalue weighted by Gasteiger charge is -2.27. The second-order valence-electron chi connectivity index (χ2n) is 13.3. The molecular weight excluding hydrogens is 580 g/mol. The van der Waals surface area contributed by atoms with E-state index in [0.717, 1.165) is 70.6 Å². The fourth-order valence-electron chi connectivity index (χ4n) is 7.02. The molecule has 1 aliphatic heterocycles. The van der Waals surface area contributed by atoms with Gasteiger partial charge in [-0.3, -0.25) is 9.59 Å². The number of rotatable bonds is 23. The molecule has 3 rings (SSSR count). The van der Waals surface area contributed by atoms with Gasteiger partial charge in [0.1, 0.15) is 0 Å². The Hall–Kier alpha value is -2.15. The zero-order chi connectivity index (χ0) is 32.4. The zero-order valence-corrected chi connectivity index (χ0v) is 28.8. The van der Waals surface area contributed by atoms with Gasteiger partial charge in [-0.25, -0.2) is 0 Å². The third kappa shape index (κ3) is 13.2. The number of unbranched alkanes of at least 4 members (excludes halogenated alkanes) is 2. The lowest BCUT2D eigenvalue weighted by molar-refractivity contribution is -0.153. The second kappa shape index (κ2) is 20.9. The van der Waals surface area contributed by atoms with Gasteiger partial charge in [0.2, 0.25) is 0 Å². The lowest BCUT2D eigenvalue weighted by atomic mass is 9.81. The highest BCUT2D eigenvalue weighted by molar-refractivity contribution is 7.99. The Balaban J connectivity index is 1.51. The van der Waals surface area contributed by atoms with E-state index in [4.69, 9.17) is 4.74 Å². The number of hydrogen-bond acceptors (Lipinski definition) is 6. The van der Waals surface area contributed by atoms with Crippen LogP contribution in [0.1, 0.15) is 127 Å². The van der Waals surface area contributed by atoms with Crippen LogP contribution in [-0.4, -0.2) is 45.9 Å². The monoisotopic (exact) mass is 638 g/mol. The van der Waals surface area contributed by atoms with Crippen LogP contribution in [0.5, 0.6) is 0 Å². The molecule has 2 aromatic rings. The number of carbonyl (C=O) groups is 2. The molecule has 5 nitrogen and oxygen atoms in total. The maximum Gasteiger partial charge on any atom is 0.317 e. The minimum Gasteiger partial charge on any atom is -0.394 e. The molecule has 0 saturated carbocycles. The molecule has 0 aliphatic carbocycles. The van der Waals surface area contributed by atoms with Gasteiger partial charge in [0, 0.05) is 11.0 Å². The van der Waals surface area contributed by atoms with Crippen LogP contribution in [0, 0.1) is 17.8 Å². The number of ether oxygens (including phenoxy) is 1. The van der Waals surface area contributed by atoms with Crippen molar-refractivity contribution in [2.45, 2.75) is 127 Å². The maximum absolute atomic E-state index is 12.5. The van der Waals surface area contributed by atoms with E-state index in [1.165, 1.54) is 17.5 Å². The smallest absolute Gasteiger partial charge is 0.317 e. The number of hydrogen-bond donors (Lipinski definition) is 2. The summed E-state index contributed by atoms with van der Waals surface area (Å²) in [5.74, 6) is 1.40. The van der Waals surface area contributed by atoms with Crippen molar-refractivity contribution < 1.29 is 24.5 Å². The van der Waals surface area contributed by atoms with Crippen molar-refractivity contribution in [3.8, 4) is 0 Å². The fraction of sp³-hybridized carbons (Fsp3) is 0.641. The predicted octanol–water partition coefficient (Wildman–Crippen LogP) is 9.07. The van der Waals surface area contributed by atoms with Crippen LogP contribution < -0.4 is 0 Å². The molecule has 2 N–H and O–H groups in total. The molecule has 0 spiro atoms. The summed E-state index contributed by atoms with van der Waals surface area (Å²) in [6, 6.07) is 21.4. The van der Waals surface area contributed by atoms with Crippen molar-refractivity contribution in [1.82, 2.24) is 0 Å². The van der Waals surface area contributed by atoms with Gasteiger partial charge in [-0.1, -0.05) is 114 Å². The number of aliphatic hydroxyl groups is 2. The Morgan fingerprint density at radius 1 is 0.822 bits per heavy atom.